The van der Waals surface area contributed by atoms with Crippen molar-refractivity contribution in [3.8, 4) is 0 Å². The second-order valence-corrected chi connectivity index (χ2v) is 3.93. The van der Waals surface area contributed by atoms with Crippen molar-refractivity contribution < 1.29 is 4.74 Å². The Balaban J connectivity index is 2.06. The summed E-state index contributed by atoms with van der Waals surface area (Å²) in [5, 5.41) is 17.2. The van der Waals surface area contributed by atoms with Gasteiger partial charge in [0.15, 0.2) is 0 Å². The minimum absolute atomic E-state index is 0.0103. The molecule has 0 fully saturated rings. The minimum atomic E-state index is -0.0634. The smallest absolute Gasteiger partial charge is 0.231 e. The second kappa shape index (κ2) is 4.67. The highest BCUT2D eigenvalue weighted by Gasteiger charge is 2.09. The van der Waals surface area contributed by atoms with Crippen LogP contribution in [0.1, 0.15) is 10.4 Å². The SMILES string of the molecule is N=C(OC(=N)c1cccs1)c1cccnc1. The van der Waals surface area contributed by atoms with Crippen molar-refractivity contribution in [1.82, 2.24) is 4.98 Å². The third-order valence-corrected chi connectivity index (χ3v) is 2.74. The average molecular weight is 231 g/mol. The van der Waals surface area contributed by atoms with Gasteiger partial charge in [-0.05, 0) is 23.6 Å². The van der Waals surface area contributed by atoms with Gasteiger partial charge in [-0.2, -0.15) is 0 Å². The second-order valence-electron chi connectivity index (χ2n) is 2.98. The Kier molecular flexibility index (Phi) is 3.07. The summed E-state index contributed by atoms with van der Waals surface area (Å²) in [4.78, 5) is 4.59. The van der Waals surface area contributed by atoms with Crippen molar-refractivity contribution >= 4 is 23.1 Å². The lowest BCUT2D eigenvalue weighted by Crippen LogP contribution is -2.11. The molecule has 2 heterocycles. The van der Waals surface area contributed by atoms with Crippen LogP contribution >= 0.6 is 11.3 Å². The van der Waals surface area contributed by atoms with E-state index < -0.39 is 0 Å². The number of ether oxygens (including phenoxy) is 1. The zero-order valence-electron chi connectivity index (χ0n) is 8.31. The first-order valence-electron chi connectivity index (χ1n) is 4.56. The molecular formula is C11H9N3OS. The molecule has 0 bridgehead atoms. The number of nitrogens with one attached hydrogen (secondary N) is 2. The van der Waals surface area contributed by atoms with Crippen LogP contribution < -0.4 is 0 Å². The molecule has 2 rings (SSSR count). The lowest BCUT2D eigenvalue weighted by Gasteiger charge is -2.05. The summed E-state index contributed by atoms with van der Waals surface area (Å²) in [5.41, 5.74) is 0.559. The predicted octanol–water partition coefficient (Wildman–Crippen LogP) is 2.51. The molecule has 4 nitrogen and oxygen atoms in total. The van der Waals surface area contributed by atoms with E-state index in [1.807, 2.05) is 11.4 Å². The maximum atomic E-state index is 7.66. The van der Waals surface area contributed by atoms with Gasteiger partial charge in [0.2, 0.25) is 11.8 Å². The van der Waals surface area contributed by atoms with Gasteiger partial charge in [-0.3, -0.25) is 15.8 Å². The first-order chi connectivity index (χ1) is 7.77. The number of aromatic nitrogens is 1. The molecule has 0 unspecified atom stereocenters. The van der Waals surface area contributed by atoms with Crippen molar-refractivity contribution in [1.29, 1.82) is 10.8 Å². The Labute approximate surface area is 96.6 Å². The van der Waals surface area contributed by atoms with E-state index in [0.717, 1.165) is 0 Å². The quantitative estimate of drug-likeness (QED) is 0.615. The van der Waals surface area contributed by atoms with E-state index >= 15 is 0 Å². The monoisotopic (exact) mass is 231 g/mol. The Morgan fingerprint density at radius 1 is 1.19 bits per heavy atom. The highest BCUT2D eigenvalue weighted by atomic mass is 32.1. The fraction of sp³-hybridized carbons (Fsp3) is 0. The van der Waals surface area contributed by atoms with Crippen LogP contribution in [0.15, 0.2) is 42.0 Å². The third-order valence-electron chi connectivity index (χ3n) is 1.87. The van der Waals surface area contributed by atoms with Gasteiger partial charge in [-0.25, -0.2) is 0 Å². The Bertz CT molecular complexity index is 493. The molecule has 80 valence electrons. The highest BCUT2D eigenvalue weighted by Crippen LogP contribution is 2.11. The van der Waals surface area contributed by atoms with Crippen LogP contribution in [0.5, 0.6) is 0 Å². The normalized spacial score (nSPS) is 9.75. The first kappa shape index (κ1) is 10.5. The van der Waals surface area contributed by atoms with E-state index in [2.05, 4.69) is 4.98 Å². The Hall–Kier alpha value is -2.01. The summed E-state index contributed by atoms with van der Waals surface area (Å²) in [6.45, 7) is 0. The number of rotatable bonds is 2. The van der Waals surface area contributed by atoms with Gasteiger partial charge in [0.25, 0.3) is 0 Å². The summed E-state index contributed by atoms with van der Waals surface area (Å²) in [6.07, 6.45) is 3.16. The molecule has 0 saturated carbocycles. The molecule has 0 aliphatic rings. The number of thiophene rings is 1. The predicted molar refractivity (Wildman–Crippen MR) is 63.3 cm³/mol. The third kappa shape index (κ3) is 2.32. The van der Waals surface area contributed by atoms with Crippen LogP contribution in [0.25, 0.3) is 0 Å². The van der Waals surface area contributed by atoms with Gasteiger partial charge in [0.05, 0.1) is 10.4 Å². The molecule has 0 aliphatic heterocycles. The Morgan fingerprint density at radius 2 is 2.06 bits per heavy atom. The minimum Gasteiger partial charge on any atom is -0.420 e. The van der Waals surface area contributed by atoms with E-state index in [0.29, 0.717) is 10.4 Å². The summed E-state index contributed by atoms with van der Waals surface area (Å²) >= 11 is 1.41. The average Bonchev–Trinajstić information content (AvgIpc) is 2.83. The van der Waals surface area contributed by atoms with Crippen LogP contribution in [-0.2, 0) is 4.74 Å². The Morgan fingerprint density at radius 3 is 2.69 bits per heavy atom. The van der Waals surface area contributed by atoms with Crippen LogP contribution in [-0.4, -0.2) is 16.8 Å². The highest BCUT2D eigenvalue weighted by molar-refractivity contribution is 7.12. The van der Waals surface area contributed by atoms with Gasteiger partial charge in [-0.1, -0.05) is 6.07 Å². The van der Waals surface area contributed by atoms with E-state index in [1.165, 1.54) is 17.5 Å². The van der Waals surface area contributed by atoms with Gasteiger partial charge >= 0.3 is 0 Å². The van der Waals surface area contributed by atoms with Crippen LogP contribution in [0.3, 0.4) is 0 Å². The van der Waals surface area contributed by atoms with Gasteiger partial charge in [0, 0.05) is 12.4 Å². The molecule has 0 radical (unpaired) electrons. The molecule has 0 aliphatic carbocycles. The lowest BCUT2D eigenvalue weighted by atomic mass is 10.3. The molecule has 0 saturated heterocycles. The molecular weight excluding hydrogens is 222 g/mol. The zero-order chi connectivity index (χ0) is 11.4. The first-order valence-corrected chi connectivity index (χ1v) is 5.44. The number of hydrogen-bond donors (Lipinski definition) is 2. The fourth-order valence-corrected chi connectivity index (χ4v) is 1.73. The van der Waals surface area contributed by atoms with Crippen molar-refractivity contribution in [2.24, 2.45) is 0 Å². The van der Waals surface area contributed by atoms with E-state index in [4.69, 9.17) is 15.6 Å². The molecule has 5 heteroatoms. The molecule has 2 aromatic rings. The van der Waals surface area contributed by atoms with Gasteiger partial charge in [0.1, 0.15) is 0 Å². The van der Waals surface area contributed by atoms with Crippen LogP contribution in [0.4, 0.5) is 0 Å². The summed E-state index contributed by atoms with van der Waals surface area (Å²) in [6, 6.07) is 7.06. The van der Waals surface area contributed by atoms with Crippen LogP contribution in [0, 0.1) is 10.8 Å². The molecule has 2 N–H and O–H groups in total. The molecule has 2 aromatic heterocycles. The van der Waals surface area contributed by atoms with Crippen LogP contribution in [0.2, 0.25) is 0 Å². The van der Waals surface area contributed by atoms with Gasteiger partial charge < -0.3 is 4.74 Å². The summed E-state index contributed by atoms with van der Waals surface area (Å²) in [5.74, 6) is -0.0737. The van der Waals surface area contributed by atoms with Crippen molar-refractivity contribution in [3.63, 3.8) is 0 Å². The van der Waals surface area contributed by atoms with E-state index in [1.54, 1.807) is 24.4 Å². The maximum absolute atomic E-state index is 7.66. The van der Waals surface area contributed by atoms with Gasteiger partial charge in [-0.15, -0.1) is 11.3 Å². The summed E-state index contributed by atoms with van der Waals surface area (Å²) in [7, 11) is 0. The van der Waals surface area contributed by atoms with Crippen molar-refractivity contribution in [2.75, 3.05) is 0 Å². The van der Waals surface area contributed by atoms with E-state index in [-0.39, 0.29) is 11.8 Å². The maximum Gasteiger partial charge on any atom is 0.231 e. The molecule has 0 spiro atoms. The topological polar surface area (TPSA) is 69.8 Å². The van der Waals surface area contributed by atoms with Crippen molar-refractivity contribution in [3.05, 3.63) is 52.5 Å². The molecule has 16 heavy (non-hydrogen) atoms. The molecule has 0 atom stereocenters. The molecule has 0 amide bonds. The molecule has 0 aromatic carbocycles. The fourth-order valence-electron chi connectivity index (χ4n) is 1.12. The van der Waals surface area contributed by atoms with Crippen molar-refractivity contribution in [2.45, 2.75) is 0 Å². The number of hydrogen-bond acceptors (Lipinski definition) is 5. The number of pyridine rings is 1. The lowest BCUT2D eigenvalue weighted by molar-refractivity contribution is 0.539. The largest absolute Gasteiger partial charge is 0.420 e. The summed E-state index contributed by atoms with van der Waals surface area (Å²) < 4.78 is 5.12. The number of nitrogens with zero attached hydrogens (tertiary/aromatic N) is 1. The zero-order valence-corrected chi connectivity index (χ0v) is 9.12. The standard InChI is InChI=1S/C11H9N3OS/c12-10(8-3-1-5-14-7-8)15-11(13)9-4-2-6-16-9/h1-7,12-13H. The van der Waals surface area contributed by atoms with E-state index in [9.17, 15) is 0 Å².